The lowest BCUT2D eigenvalue weighted by Crippen LogP contribution is -2.53. The van der Waals surface area contributed by atoms with Crippen molar-refractivity contribution in [2.24, 2.45) is 17.8 Å². The molecule has 2 N–H and O–H groups in total. The van der Waals surface area contributed by atoms with Crippen molar-refractivity contribution in [3.8, 4) is 0 Å². The van der Waals surface area contributed by atoms with Crippen LogP contribution in [0.3, 0.4) is 0 Å². The Morgan fingerprint density at radius 3 is 2.78 bits per heavy atom. The van der Waals surface area contributed by atoms with Gasteiger partial charge >= 0.3 is 0 Å². The molecule has 1 saturated heterocycles. The normalized spacial score (nSPS) is 43.3. The van der Waals surface area contributed by atoms with Crippen LogP contribution in [0, 0.1) is 17.8 Å². The molecule has 0 radical (unpaired) electrons. The number of ether oxygens (including phenoxy) is 2. The maximum Gasteiger partial charge on any atom is 0.171 e. The summed E-state index contributed by atoms with van der Waals surface area (Å²) in [4.78, 5) is 0. The third-order valence-electron chi connectivity index (χ3n) is 4.79. The van der Waals surface area contributed by atoms with E-state index >= 15 is 0 Å². The third kappa shape index (κ3) is 1.83. The van der Waals surface area contributed by atoms with Gasteiger partial charge in [0.1, 0.15) is 0 Å². The molecular weight excluding hydrogens is 232 g/mol. The van der Waals surface area contributed by atoms with Gasteiger partial charge in [-0.1, -0.05) is 19.1 Å². The molecule has 3 fully saturated rings. The van der Waals surface area contributed by atoms with Crippen LogP contribution in [0.5, 0.6) is 0 Å². The van der Waals surface area contributed by atoms with Gasteiger partial charge in [0.2, 0.25) is 0 Å². The van der Waals surface area contributed by atoms with Crippen LogP contribution in [0.2, 0.25) is 0 Å². The number of aliphatic hydroxyl groups excluding tert-OH is 2. The zero-order valence-corrected chi connectivity index (χ0v) is 10.8. The van der Waals surface area contributed by atoms with E-state index in [4.69, 9.17) is 9.47 Å². The zero-order valence-electron chi connectivity index (χ0n) is 10.8. The number of hydrogen-bond acceptors (Lipinski definition) is 4. The van der Waals surface area contributed by atoms with Gasteiger partial charge in [0.25, 0.3) is 0 Å². The second-order valence-electron chi connectivity index (χ2n) is 5.72. The molecule has 1 spiro atoms. The fourth-order valence-corrected chi connectivity index (χ4v) is 3.72. The van der Waals surface area contributed by atoms with Crippen LogP contribution in [0.1, 0.15) is 26.2 Å². The average molecular weight is 254 g/mol. The molecule has 4 nitrogen and oxygen atoms in total. The third-order valence-corrected chi connectivity index (χ3v) is 4.79. The fraction of sp³-hybridized carbons (Fsp3) is 0.857. The first-order chi connectivity index (χ1) is 8.66. The number of fused-ring (bicyclic) bond motifs is 2. The van der Waals surface area contributed by atoms with Crippen LogP contribution in [0.4, 0.5) is 0 Å². The summed E-state index contributed by atoms with van der Waals surface area (Å²) in [6.07, 6.45) is 5.43. The number of hydrogen-bond donors (Lipinski definition) is 2. The molecule has 0 aromatic heterocycles. The molecule has 0 aromatic carbocycles. The minimum Gasteiger partial charge on any atom is -0.392 e. The van der Waals surface area contributed by atoms with Gasteiger partial charge in [-0.05, 0) is 18.8 Å². The van der Waals surface area contributed by atoms with Crippen molar-refractivity contribution in [2.45, 2.75) is 44.2 Å². The molecule has 3 rings (SSSR count). The van der Waals surface area contributed by atoms with Gasteiger partial charge in [-0.15, -0.1) is 0 Å². The molecule has 102 valence electrons. The number of aliphatic hydroxyl groups is 2. The first kappa shape index (κ1) is 12.6. The molecule has 1 aliphatic heterocycles. The van der Waals surface area contributed by atoms with E-state index in [-0.39, 0.29) is 12.0 Å². The Bertz CT molecular complexity index is 335. The van der Waals surface area contributed by atoms with Crippen LogP contribution in [0.25, 0.3) is 0 Å². The van der Waals surface area contributed by atoms with Crippen LogP contribution in [0.15, 0.2) is 12.2 Å². The maximum atomic E-state index is 10.2. The molecule has 1 heterocycles. The zero-order chi connectivity index (χ0) is 12.8. The molecule has 3 unspecified atom stereocenters. The molecule has 2 aliphatic carbocycles. The van der Waals surface area contributed by atoms with Gasteiger partial charge < -0.3 is 19.7 Å². The predicted octanol–water partition coefficient (Wildman–Crippen LogP) is 1.07. The van der Waals surface area contributed by atoms with E-state index in [1.807, 2.05) is 19.1 Å². The van der Waals surface area contributed by atoms with Gasteiger partial charge in [0.05, 0.1) is 25.4 Å². The Morgan fingerprint density at radius 1 is 1.39 bits per heavy atom. The molecule has 0 amide bonds. The molecule has 4 heteroatoms. The Balaban J connectivity index is 1.67. The lowest BCUT2D eigenvalue weighted by atomic mass is 9.67. The SMILES string of the molecule is CCC(O)C=CC1C(O)C[C@H]2[C@H]1CC21OCCO1. The largest absolute Gasteiger partial charge is 0.392 e. The quantitative estimate of drug-likeness (QED) is 0.740. The van der Waals surface area contributed by atoms with Crippen molar-refractivity contribution in [2.75, 3.05) is 13.2 Å². The average Bonchev–Trinajstić information content (AvgIpc) is 2.93. The summed E-state index contributed by atoms with van der Waals surface area (Å²) in [7, 11) is 0. The molecule has 2 saturated carbocycles. The van der Waals surface area contributed by atoms with Crippen LogP contribution in [-0.2, 0) is 9.47 Å². The molecule has 5 atom stereocenters. The second-order valence-corrected chi connectivity index (χ2v) is 5.72. The summed E-state index contributed by atoms with van der Waals surface area (Å²) >= 11 is 0. The lowest BCUT2D eigenvalue weighted by Gasteiger charge is -2.49. The van der Waals surface area contributed by atoms with Crippen molar-refractivity contribution >= 4 is 0 Å². The highest BCUT2D eigenvalue weighted by Crippen LogP contribution is 2.59. The predicted molar refractivity (Wildman–Crippen MR) is 65.8 cm³/mol. The van der Waals surface area contributed by atoms with E-state index in [1.165, 1.54) is 0 Å². The van der Waals surface area contributed by atoms with Crippen LogP contribution in [-0.4, -0.2) is 41.4 Å². The van der Waals surface area contributed by atoms with E-state index in [9.17, 15) is 10.2 Å². The van der Waals surface area contributed by atoms with E-state index in [0.29, 0.717) is 31.5 Å². The van der Waals surface area contributed by atoms with Crippen LogP contribution >= 0.6 is 0 Å². The van der Waals surface area contributed by atoms with Gasteiger partial charge in [-0.2, -0.15) is 0 Å². The standard InChI is InChI=1S/C14H22O4/c1-2-9(15)3-4-10-11-8-14(17-5-6-18-14)12(11)7-13(10)16/h3-4,9-13,15-16H,2,5-8H2,1H3/t9?,10?,11-,12-,13?/m0/s1. The van der Waals surface area contributed by atoms with Crippen molar-refractivity contribution in [1.29, 1.82) is 0 Å². The van der Waals surface area contributed by atoms with Gasteiger partial charge in [0, 0.05) is 18.3 Å². The van der Waals surface area contributed by atoms with Crippen molar-refractivity contribution < 1.29 is 19.7 Å². The monoisotopic (exact) mass is 254 g/mol. The topological polar surface area (TPSA) is 58.9 Å². The molecular formula is C14H22O4. The smallest absolute Gasteiger partial charge is 0.171 e. The van der Waals surface area contributed by atoms with Crippen molar-refractivity contribution in [3.05, 3.63) is 12.2 Å². The first-order valence-electron chi connectivity index (χ1n) is 6.98. The minimum atomic E-state index is -0.399. The second kappa shape index (κ2) is 4.60. The molecule has 0 aromatic rings. The highest BCUT2D eigenvalue weighted by molar-refractivity contribution is 5.13. The summed E-state index contributed by atoms with van der Waals surface area (Å²) in [5, 5.41) is 19.7. The maximum absolute atomic E-state index is 10.2. The summed E-state index contributed by atoms with van der Waals surface area (Å²) in [6, 6.07) is 0. The van der Waals surface area contributed by atoms with E-state index < -0.39 is 11.9 Å². The van der Waals surface area contributed by atoms with E-state index in [2.05, 4.69) is 0 Å². The fourth-order valence-electron chi connectivity index (χ4n) is 3.72. The highest BCUT2D eigenvalue weighted by atomic mass is 16.7. The van der Waals surface area contributed by atoms with Gasteiger partial charge in [-0.25, -0.2) is 0 Å². The highest BCUT2D eigenvalue weighted by Gasteiger charge is 2.64. The summed E-state index contributed by atoms with van der Waals surface area (Å²) in [5.74, 6) is 0.522. The molecule has 0 bridgehead atoms. The number of rotatable bonds is 3. The van der Waals surface area contributed by atoms with Crippen molar-refractivity contribution in [3.63, 3.8) is 0 Å². The summed E-state index contributed by atoms with van der Waals surface area (Å²) in [5.41, 5.74) is 0. The van der Waals surface area contributed by atoms with Crippen LogP contribution < -0.4 is 0 Å². The molecule has 18 heavy (non-hydrogen) atoms. The first-order valence-corrected chi connectivity index (χ1v) is 6.98. The van der Waals surface area contributed by atoms with Crippen molar-refractivity contribution in [1.82, 2.24) is 0 Å². The summed E-state index contributed by atoms with van der Waals surface area (Å²) < 4.78 is 11.5. The Kier molecular flexibility index (Phi) is 3.22. The Hall–Kier alpha value is -0.420. The van der Waals surface area contributed by atoms with Gasteiger partial charge in [0.15, 0.2) is 5.79 Å². The lowest BCUT2D eigenvalue weighted by molar-refractivity contribution is -0.270. The van der Waals surface area contributed by atoms with E-state index in [1.54, 1.807) is 0 Å². The summed E-state index contributed by atoms with van der Waals surface area (Å²) in [6.45, 7) is 3.30. The molecule has 3 aliphatic rings. The van der Waals surface area contributed by atoms with Gasteiger partial charge in [-0.3, -0.25) is 0 Å². The Labute approximate surface area is 108 Å². The Morgan fingerprint density at radius 2 is 2.11 bits per heavy atom. The van der Waals surface area contributed by atoms with E-state index in [0.717, 1.165) is 12.8 Å². The minimum absolute atomic E-state index is 0.148.